The zero-order chi connectivity index (χ0) is 28.8. The molecule has 10 aromatic rings. The summed E-state index contributed by atoms with van der Waals surface area (Å²) in [5.41, 5.74) is 11.2. The second-order valence-corrected chi connectivity index (χ2v) is 11.1. The molecule has 7 heteroatoms. The van der Waals surface area contributed by atoms with E-state index in [0.29, 0.717) is 0 Å². The molecule has 0 spiro atoms. The van der Waals surface area contributed by atoms with Crippen LogP contribution in [0.4, 0.5) is 0 Å². The number of rotatable bonds is 3. The smallest absolute Gasteiger partial charge is 0.221 e. The van der Waals surface area contributed by atoms with Crippen LogP contribution in [-0.4, -0.2) is 32.9 Å². The van der Waals surface area contributed by atoms with Crippen molar-refractivity contribution in [2.75, 3.05) is 0 Å². The van der Waals surface area contributed by atoms with E-state index in [9.17, 15) is 0 Å². The zero-order valence-corrected chi connectivity index (χ0v) is 23.4. The molecule has 0 aliphatic carbocycles. The minimum absolute atomic E-state index is 0.787. The molecule has 5 aromatic heterocycles. The molecule has 0 amide bonds. The molecule has 0 atom stereocenters. The number of hydrogen-bond acceptors (Lipinski definition) is 3. The first-order valence-electron chi connectivity index (χ1n) is 14.6. The molecule has 0 unspecified atom stereocenters. The Hall–Kier alpha value is -6.21. The van der Waals surface area contributed by atoms with E-state index < -0.39 is 0 Å². The maximum absolute atomic E-state index is 5.30. The van der Waals surface area contributed by atoms with E-state index in [4.69, 9.17) is 15.0 Å². The van der Waals surface area contributed by atoms with Gasteiger partial charge in [0.25, 0.3) is 0 Å². The Kier molecular flexibility index (Phi) is 4.60. The summed E-state index contributed by atoms with van der Waals surface area (Å²) in [5.74, 6) is 2.47. The van der Waals surface area contributed by atoms with E-state index in [2.05, 4.69) is 139 Å². The Balaban J connectivity index is 1.35. The summed E-state index contributed by atoms with van der Waals surface area (Å²) in [5, 5.41) is 0. The molecular weight excluding hydrogens is 542 g/mol. The van der Waals surface area contributed by atoms with Gasteiger partial charge in [0, 0.05) is 11.6 Å². The lowest BCUT2D eigenvalue weighted by molar-refractivity contribution is 1.02. The van der Waals surface area contributed by atoms with E-state index >= 15 is 0 Å². The number of nitrogens with zero attached hydrogens (tertiary/aromatic N) is 7. The molecule has 5 aromatic carbocycles. The fourth-order valence-electron chi connectivity index (χ4n) is 6.68. The molecule has 5 heterocycles. The van der Waals surface area contributed by atoms with E-state index in [1.807, 2.05) is 18.2 Å². The Morgan fingerprint density at radius 2 is 0.864 bits per heavy atom. The van der Waals surface area contributed by atoms with Crippen LogP contribution in [0.1, 0.15) is 0 Å². The average Bonchev–Trinajstić information content (AvgIpc) is 3.81. The fourth-order valence-corrected chi connectivity index (χ4v) is 6.68. The largest absolute Gasteiger partial charge is 0.278 e. The van der Waals surface area contributed by atoms with E-state index in [-0.39, 0.29) is 0 Å². The molecular formula is C37H23N7. The maximum Gasteiger partial charge on any atom is 0.221 e. The molecule has 7 nitrogen and oxygen atoms in total. The van der Waals surface area contributed by atoms with Crippen molar-refractivity contribution in [1.29, 1.82) is 0 Å². The molecule has 0 bridgehead atoms. The summed E-state index contributed by atoms with van der Waals surface area (Å²) in [6, 6.07) is 48.2. The average molecular weight is 566 g/mol. The van der Waals surface area contributed by atoms with Gasteiger partial charge in [0.1, 0.15) is 5.82 Å². The van der Waals surface area contributed by atoms with Crippen molar-refractivity contribution in [3.05, 3.63) is 140 Å². The van der Waals surface area contributed by atoms with Gasteiger partial charge in [-0.2, -0.15) is 0 Å². The monoisotopic (exact) mass is 565 g/mol. The number of imidazole rings is 4. The quantitative estimate of drug-likeness (QED) is 0.217. The Bertz CT molecular complexity index is 2560. The summed E-state index contributed by atoms with van der Waals surface area (Å²) in [6.07, 6.45) is 0. The van der Waals surface area contributed by atoms with Gasteiger partial charge in [-0.1, -0.05) is 78.9 Å². The van der Waals surface area contributed by atoms with Gasteiger partial charge in [0.15, 0.2) is 0 Å². The molecule has 206 valence electrons. The van der Waals surface area contributed by atoms with Crippen LogP contribution in [-0.2, 0) is 0 Å². The molecule has 0 saturated heterocycles. The number of aromatic nitrogens is 7. The lowest BCUT2D eigenvalue weighted by Crippen LogP contribution is -2.04. The minimum atomic E-state index is 0.787. The topological polar surface area (TPSA) is 57.4 Å². The summed E-state index contributed by atoms with van der Waals surface area (Å²) < 4.78 is 8.90. The minimum Gasteiger partial charge on any atom is -0.278 e. The molecule has 0 fully saturated rings. The fraction of sp³-hybridized carbons (Fsp3) is 0. The van der Waals surface area contributed by atoms with Crippen LogP contribution in [0.15, 0.2) is 140 Å². The number of fused-ring (bicyclic) bond motifs is 10. The van der Waals surface area contributed by atoms with Gasteiger partial charge in [-0.05, 0) is 54.6 Å². The second kappa shape index (κ2) is 8.65. The molecule has 0 saturated carbocycles. The highest BCUT2D eigenvalue weighted by Gasteiger charge is 2.21. The highest BCUT2D eigenvalue weighted by atomic mass is 15.2. The highest BCUT2D eigenvalue weighted by Crippen LogP contribution is 2.34. The van der Waals surface area contributed by atoms with Crippen molar-refractivity contribution in [2.24, 2.45) is 0 Å². The third-order valence-corrected chi connectivity index (χ3v) is 8.57. The summed E-state index contributed by atoms with van der Waals surface area (Å²) in [4.78, 5) is 15.5. The Labute approximate surface area is 250 Å². The van der Waals surface area contributed by atoms with Crippen LogP contribution in [0.25, 0.3) is 78.5 Å². The third-order valence-electron chi connectivity index (χ3n) is 8.57. The lowest BCUT2D eigenvalue weighted by atomic mass is 10.1. The standard InChI is InChI=1S/C37H23N7/c1-2-12-24(13-3-1)28-22-25(41-31-18-8-9-19-32(31)42-29-16-6-4-14-26(29)39-36(41)42)23-35(38-28)44-34-21-11-10-20-33(34)43-30-17-7-5-15-27(30)40-37(43)44/h1-23H. The van der Waals surface area contributed by atoms with Gasteiger partial charge in [-0.3, -0.25) is 17.9 Å². The van der Waals surface area contributed by atoms with Crippen LogP contribution < -0.4 is 0 Å². The molecule has 44 heavy (non-hydrogen) atoms. The lowest BCUT2D eigenvalue weighted by Gasteiger charge is -2.13. The molecule has 0 aliphatic rings. The van der Waals surface area contributed by atoms with Crippen molar-refractivity contribution >= 4 is 55.7 Å². The number of benzene rings is 5. The van der Waals surface area contributed by atoms with E-state index in [1.165, 1.54) is 0 Å². The normalized spacial score (nSPS) is 12.1. The van der Waals surface area contributed by atoms with Crippen LogP contribution >= 0.6 is 0 Å². The molecule has 0 N–H and O–H groups in total. The first kappa shape index (κ1) is 23.4. The van der Waals surface area contributed by atoms with Crippen molar-refractivity contribution in [3.63, 3.8) is 0 Å². The first-order valence-corrected chi connectivity index (χ1v) is 14.6. The van der Waals surface area contributed by atoms with Crippen molar-refractivity contribution in [1.82, 2.24) is 32.9 Å². The van der Waals surface area contributed by atoms with Crippen LogP contribution in [0.2, 0.25) is 0 Å². The summed E-state index contributed by atoms with van der Waals surface area (Å²) in [7, 11) is 0. The van der Waals surface area contributed by atoms with Gasteiger partial charge >= 0.3 is 0 Å². The van der Waals surface area contributed by atoms with Gasteiger partial charge in [0.05, 0.1) is 55.5 Å². The van der Waals surface area contributed by atoms with Crippen LogP contribution in [0.5, 0.6) is 0 Å². The maximum atomic E-state index is 5.30. The third kappa shape index (κ3) is 3.12. The van der Waals surface area contributed by atoms with Crippen LogP contribution in [0.3, 0.4) is 0 Å². The van der Waals surface area contributed by atoms with Crippen LogP contribution in [0, 0.1) is 0 Å². The Morgan fingerprint density at radius 3 is 1.48 bits per heavy atom. The van der Waals surface area contributed by atoms with Gasteiger partial charge in [-0.15, -0.1) is 0 Å². The van der Waals surface area contributed by atoms with Gasteiger partial charge in [-0.25, -0.2) is 15.0 Å². The molecule has 10 rings (SSSR count). The highest BCUT2D eigenvalue weighted by molar-refractivity contribution is 5.94. The number of pyridine rings is 1. The molecule has 0 radical (unpaired) electrons. The second-order valence-electron chi connectivity index (χ2n) is 11.1. The summed E-state index contributed by atoms with van der Waals surface area (Å²) >= 11 is 0. The molecule has 0 aliphatic heterocycles. The SMILES string of the molecule is c1ccc(-c2cc(-n3c4ccccc4n4c5ccccc5nc34)cc(-n3c4ccccc4n4c5ccccc5nc34)n2)cc1. The first-order chi connectivity index (χ1) is 21.8. The van der Waals surface area contributed by atoms with E-state index in [0.717, 1.165) is 78.5 Å². The van der Waals surface area contributed by atoms with Gasteiger partial charge < -0.3 is 0 Å². The van der Waals surface area contributed by atoms with E-state index in [1.54, 1.807) is 0 Å². The van der Waals surface area contributed by atoms with Crippen molar-refractivity contribution in [2.45, 2.75) is 0 Å². The predicted molar refractivity (Wildman–Crippen MR) is 176 cm³/mol. The Morgan fingerprint density at radius 1 is 0.386 bits per heavy atom. The van der Waals surface area contributed by atoms with Crippen molar-refractivity contribution in [3.8, 4) is 22.8 Å². The van der Waals surface area contributed by atoms with Gasteiger partial charge in [0.2, 0.25) is 11.6 Å². The number of para-hydroxylation sites is 8. The number of hydrogen-bond donors (Lipinski definition) is 0. The predicted octanol–water partition coefficient (Wildman–Crippen LogP) is 8.24. The van der Waals surface area contributed by atoms with Crippen molar-refractivity contribution < 1.29 is 0 Å². The zero-order valence-electron chi connectivity index (χ0n) is 23.4. The summed E-state index contributed by atoms with van der Waals surface area (Å²) in [6.45, 7) is 0.